The molecule has 0 radical (unpaired) electrons. The molecule has 0 spiro atoms. The average molecular weight is 258 g/mol. The van der Waals surface area contributed by atoms with Gasteiger partial charge in [-0.1, -0.05) is 19.4 Å². The van der Waals surface area contributed by atoms with Crippen molar-refractivity contribution in [1.29, 1.82) is 0 Å². The molecule has 1 aromatic heterocycles. The fraction of sp³-hybridized carbons (Fsp3) is 0.706. The van der Waals surface area contributed by atoms with Crippen molar-refractivity contribution in [3.05, 3.63) is 29.6 Å². The molecule has 1 fully saturated rings. The van der Waals surface area contributed by atoms with Gasteiger partial charge in [-0.3, -0.25) is 4.98 Å². The first-order chi connectivity index (χ1) is 9.29. The first kappa shape index (κ1) is 13.1. The van der Waals surface area contributed by atoms with Gasteiger partial charge in [-0.15, -0.1) is 0 Å². The maximum Gasteiger partial charge on any atom is 0.0469 e. The Balaban J connectivity index is 1.88. The predicted octanol–water partition coefficient (Wildman–Crippen LogP) is 3.51. The van der Waals surface area contributed by atoms with E-state index in [9.17, 15) is 0 Å². The lowest BCUT2D eigenvalue weighted by Gasteiger charge is -2.41. The van der Waals surface area contributed by atoms with Crippen LogP contribution in [0, 0.1) is 17.8 Å². The smallest absolute Gasteiger partial charge is 0.0469 e. The zero-order valence-electron chi connectivity index (χ0n) is 12.0. The Kier molecular flexibility index (Phi) is 3.88. The third-order valence-electron chi connectivity index (χ3n) is 5.37. The van der Waals surface area contributed by atoms with Crippen molar-refractivity contribution in [3.63, 3.8) is 0 Å². The Morgan fingerprint density at radius 3 is 3.05 bits per heavy atom. The quantitative estimate of drug-likeness (QED) is 0.881. The van der Waals surface area contributed by atoms with E-state index in [-0.39, 0.29) is 0 Å². The zero-order valence-corrected chi connectivity index (χ0v) is 12.0. The number of fused-ring (bicyclic) bond motifs is 1. The Labute approximate surface area is 116 Å². The van der Waals surface area contributed by atoms with Crippen molar-refractivity contribution in [3.8, 4) is 0 Å². The largest absolute Gasteiger partial charge is 0.330 e. The molecule has 0 aliphatic heterocycles. The van der Waals surface area contributed by atoms with Gasteiger partial charge in [-0.05, 0) is 68.0 Å². The zero-order chi connectivity index (χ0) is 13.2. The van der Waals surface area contributed by atoms with Crippen LogP contribution in [0.3, 0.4) is 0 Å². The van der Waals surface area contributed by atoms with Crippen LogP contribution in [0.25, 0.3) is 0 Å². The van der Waals surface area contributed by atoms with Crippen LogP contribution in [0.1, 0.15) is 56.2 Å². The van der Waals surface area contributed by atoms with Gasteiger partial charge in [0.2, 0.25) is 0 Å². The van der Waals surface area contributed by atoms with Crippen LogP contribution in [0.5, 0.6) is 0 Å². The molecular weight excluding hydrogens is 232 g/mol. The molecule has 3 rings (SSSR count). The van der Waals surface area contributed by atoms with Gasteiger partial charge in [0, 0.05) is 17.8 Å². The molecule has 0 amide bonds. The highest BCUT2D eigenvalue weighted by molar-refractivity contribution is 5.27. The SMILES string of the molecule is CC1CCC(CN)C(C2CCCc3cccnc32)C1. The van der Waals surface area contributed by atoms with Gasteiger partial charge in [0.25, 0.3) is 0 Å². The van der Waals surface area contributed by atoms with Gasteiger partial charge in [0.1, 0.15) is 0 Å². The molecule has 4 unspecified atom stereocenters. The molecule has 1 saturated carbocycles. The molecule has 2 aliphatic carbocycles. The minimum Gasteiger partial charge on any atom is -0.330 e. The molecule has 4 atom stereocenters. The lowest BCUT2D eigenvalue weighted by atomic mass is 9.65. The number of pyridine rings is 1. The summed E-state index contributed by atoms with van der Waals surface area (Å²) in [6.07, 6.45) is 9.86. The summed E-state index contributed by atoms with van der Waals surface area (Å²) in [7, 11) is 0. The second-order valence-corrected chi connectivity index (χ2v) is 6.62. The molecule has 2 heteroatoms. The monoisotopic (exact) mass is 258 g/mol. The van der Waals surface area contributed by atoms with Crippen molar-refractivity contribution in [2.75, 3.05) is 6.54 Å². The molecular formula is C17H26N2. The van der Waals surface area contributed by atoms with Crippen LogP contribution in [-0.2, 0) is 6.42 Å². The van der Waals surface area contributed by atoms with Gasteiger partial charge < -0.3 is 5.73 Å². The minimum absolute atomic E-state index is 0.668. The van der Waals surface area contributed by atoms with Gasteiger partial charge in [-0.2, -0.15) is 0 Å². The van der Waals surface area contributed by atoms with Gasteiger partial charge in [-0.25, -0.2) is 0 Å². The summed E-state index contributed by atoms with van der Waals surface area (Å²) in [6, 6.07) is 4.36. The first-order valence-electron chi connectivity index (χ1n) is 7.93. The van der Waals surface area contributed by atoms with E-state index in [1.54, 1.807) is 0 Å². The number of hydrogen-bond acceptors (Lipinski definition) is 2. The number of nitrogens with two attached hydrogens (primary N) is 1. The van der Waals surface area contributed by atoms with E-state index in [1.165, 1.54) is 49.8 Å². The second-order valence-electron chi connectivity index (χ2n) is 6.62. The Hall–Kier alpha value is -0.890. The molecule has 0 saturated heterocycles. The van der Waals surface area contributed by atoms with E-state index in [4.69, 9.17) is 10.7 Å². The topological polar surface area (TPSA) is 38.9 Å². The fourth-order valence-corrected chi connectivity index (χ4v) is 4.34. The van der Waals surface area contributed by atoms with E-state index in [0.29, 0.717) is 11.8 Å². The Morgan fingerprint density at radius 2 is 2.21 bits per heavy atom. The predicted molar refractivity (Wildman–Crippen MR) is 79.0 cm³/mol. The third kappa shape index (κ3) is 2.55. The number of rotatable bonds is 2. The fourth-order valence-electron chi connectivity index (χ4n) is 4.34. The van der Waals surface area contributed by atoms with Crippen LogP contribution in [-0.4, -0.2) is 11.5 Å². The Morgan fingerprint density at radius 1 is 1.32 bits per heavy atom. The summed E-state index contributed by atoms with van der Waals surface area (Å²) >= 11 is 0. The lowest BCUT2D eigenvalue weighted by Crippen LogP contribution is -2.35. The molecule has 0 bridgehead atoms. The highest BCUT2D eigenvalue weighted by Gasteiger charge is 2.36. The number of aryl methyl sites for hydroxylation is 1. The molecule has 2 nitrogen and oxygen atoms in total. The minimum atomic E-state index is 0.668. The van der Waals surface area contributed by atoms with E-state index < -0.39 is 0 Å². The number of hydrogen-bond donors (Lipinski definition) is 1. The average Bonchev–Trinajstić information content (AvgIpc) is 2.46. The summed E-state index contributed by atoms with van der Waals surface area (Å²) in [6.45, 7) is 3.26. The van der Waals surface area contributed by atoms with Crippen LogP contribution in [0.15, 0.2) is 18.3 Å². The molecule has 1 aromatic rings. The van der Waals surface area contributed by atoms with Crippen molar-refractivity contribution in [1.82, 2.24) is 4.98 Å². The summed E-state index contributed by atoms with van der Waals surface area (Å²) in [4.78, 5) is 4.73. The van der Waals surface area contributed by atoms with Crippen molar-refractivity contribution in [2.45, 2.75) is 51.4 Å². The normalized spacial score (nSPS) is 34.8. The van der Waals surface area contributed by atoms with Crippen molar-refractivity contribution in [2.24, 2.45) is 23.5 Å². The molecule has 19 heavy (non-hydrogen) atoms. The number of aromatic nitrogens is 1. The summed E-state index contributed by atoms with van der Waals surface area (Å²) in [5.74, 6) is 3.01. The second kappa shape index (κ2) is 5.62. The summed E-state index contributed by atoms with van der Waals surface area (Å²) < 4.78 is 0. The molecule has 1 heterocycles. The summed E-state index contributed by atoms with van der Waals surface area (Å²) in [5, 5.41) is 0. The highest BCUT2D eigenvalue weighted by Crippen LogP contribution is 2.45. The van der Waals surface area contributed by atoms with Crippen LogP contribution in [0.2, 0.25) is 0 Å². The highest BCUT2D eigenvalue weighted by atomic mass is 14.7. The Bertz CT molecular complexity index is 429. The molecule has 0 aromatic carbocycles. The third-order valence-corrected chi connectivity index (χ3v) is 5.37. The van der Waals surface area contributed by atoms with E-state index in [1.807, 2.05) is 6.20 Å². The first-order valence-corrected chi connectivity index (χ1v) is 7.93. The van der Waals surface area contributed by atoms with Crippen LogP contribution >= 0.6 is 0 Å². The van der Waals surface area contributed by atoms with Crippen LogP contribution in [0.4, 0.5) is 0 Å². The van der Waals surface area contributed by atoms with E-state index >= 15 is 0 Å². The van der Waals surface area contributed by atoms with Crippen molar-refractivity contribution >= 4 is 0 Å². The molecule has 2 N–H and O–H groups in total. The maximum absolute atomic E-state index is 6.05. The molecule has 2 aliphatic rings. The van der Waals surface area contributed by atoms with E-state index in [0.717, 1.165) is 18.4 Å². The molecule has 104 valence electrons. The standard InChI is InChI=1S/C17H26N2/c1-12-7-8-14(11-18)16(10-12)15-6-2-4-13-5-3-9-19-17(13)15/h3,5,9,12,14-16H,2,4,6-8,10-11,18H2,1H3. The maximum atomic E-state index is 6.05. The number of nitrogens with zero attached hydrogens (tertiary/aromatic N) is 1. The summed E-state index contributed by atoms with van der Waals surface area (Å²) in [5.41, 5.74) is 8.93. The van der Waals surface area contributed by atoms with Gasteiger partial charge in [0.15, 0.2) is 0 Å². The van der Waals surface area contributed by atoms with Gasteiger partial charge in [0.05, 0.1) is 0 Å². The van der Waals surface area contributed by atoms with Crippen molar-refractivity contribution < 1.29 is 0 Å². The van der Waals surface area contributed by atoms with Gasteiger partial charge >= 0.3 is 0 Å². The van der Waals surface area contributed by atoms with Crippen LogP contribution < -0.4 is 5.73 Å². The van der Waals surface area contributed by atoms with E-state index in [2.05, 4.69) is 19.1 Å². The lowest BCUT2D eigenvalue weighted by molar-refractivity contribution is 0.153.